The summed E-state index contributed by atoms with van der Waals surface area (Å²) in [6, 6.07) is 2.21. The Hall–Kier alpha value is -0.550. The quantitative estimate of drug-likeness (QED) is 0.832. The molecule has 0 spiro atoms. The molecule has 2 unspecified atom stereocenters. The summed E-state index contributed by atoms with van der Waals surface area (Å²) in [5, 5.41) is 0. The van der Waals surface area contributed by atoms with Crippen LogP contribution in [-0.2, 0) is 6.42 Å². The summed E-state index contributed by atoms with van der Waals surface area (Å²) in [4.78, 5) is 0. The fraction of sp³-hybridized carbons (Fsp3) is 0.500. The van der Waals surface area contributed by atoms with Crippen molar-refractivity contribution in [3.8, 4) is 0 Å². The molecule has 1 aliphatic rings. The lowest BCUT2D eigenvalue weighted by Gasteiger charge is -2.20. The molecule has 2 rings (SSSR count). The molecule has 0 saturated heterocycles. The lowest BCUT2D eigenvalue weighted by Crippen LogP contribution is -2.26. The van der Waals surface area contributed by atoms with E-state index in [0.29, 0.717) is 6.42 Å². The maximum Gasteiger partial charge on any atom is 0.143 e. The first kappa shape index (κ1) is 12.9. The van der Waals surface area contributed by atoms with Crippen LogP contribution in [0.15, 0.2) is 16.6 Å². The number of hydrogen-bond acceptors (Lipinski definition) is 1. The number of benzene rings is 1. The van der Waals surface area contributed by atoms with Crippen LogP contribution in [0.3, 0.4) is 0 Å². The summed E-state index contributed by atoms with van der Waals surface area (Å²) >= 11 is 2.97. The summed E-state index contributed by atoms with van der Waals surface area (Å²) in [7, 11) is 0. The van der Waals surface area contributed by atoms with Crippen molar-refractivity contribution in [1.29, 1.82) is 0 Å². The molecule has 94 valence electrons. The molecule has 2 atom stereocenters. The molecule has 1 fully saturated rings. The Morgan fingerprint density at radius 3 is 2.71 bits per heavy atom. The summed E-state index contributed by atoms with van der Waals surface area (Å²) < 4.78 is 41.7. The average molecular weight is 308 g/mol. The first-order valence-electron chi connectivity index (χ1n) is 5.48. The van der Waals surface area contributed by atoms with Gasteiger partial charge >= 0.3 is 0 Å². The second-order valence-corrected chi connectivity index (χ2v) is 5.51. The van der Waals surface area contributed by atoms with Crippen LogP contribution in [0.1, 0.15) is 24.8 Å². The van der Waals surface area contributed by atoms with Gasteiger partial charge in [-0.05, 0) is 47.3 Å². The zero-order valence-electron chi connectivity index (χ0n) is 9.15. The molecule has 0 aliphatic heterocycles. The summed E-state index contributed by atoms with van der Waals surface area (Å²) in [6.07, 6.45) is 0.740. The second kappa shape index (κ2) is 4.61. The molecule has 1 aromatic carbocycles. The zero-order chi connectivity index (χ0) is 12.6. The SMILES string of the molecule is NC1CCC(F)(Cc2c(F)ccc(Br)c2F)C1. The molecule has 1 saturated carbocycles. The number of alkyl halides is 1. The van der Waals surface area contributed by atoms with E-state index in [-0.39, 0.29) is 35.3 Å². The molecule has 2 N–H and O–H groups in total. The Balaban J connectivity index is 2.27. The number of nitrogens with two attached hydrogens (primary N) is 1. The van der Waals surface area contributed by atoms with Gasteiger partial charge in [-0.15, -0.1) is 0 Å². The highest BCUT2D eigenvalue weighted by atomic mass is 79.9. The number of halogens is 4. The largest absolute Gasteiger partial charge is 0.328 e. The van der Waals surface area contributed by atoms with Crippen LogP contribution in [-0.4, -0.2) is 11.7 Å². The maximum atomic E-state index is 14.3. The standard InChI is InChI=1S/C12H13BrF3N/c13-9-1-2-10(14)8(11(9)15)6-12(16)4-3-7(17)5-12/h1-2,7H,3-6,17H2. The molecule has 0 heterocycles. The fourth-order valence-corrected chi connectivity index (χ4v) is 2.70. The molecule has 1 aliphatic carbocycles. The monoisotopic (exact) mass is 307 g/mol. The van der Waals surface area contributed by atoms with Crippen molar-refractivity contribution in [3.63, 3.8) is 0 Å². The molecule has 0 radical (unpaired) electrons. The molecule has 0 bridgehead atoms. The minimum absolute atomic E-state index is 0.153. The van der Waals surface area contributed by atoms with E-state index in [2.05, 4.69) is 15.9 Å². The van der Waals surface area contributed by atoms with Gasteiger partial charge in [0, 0.05) is 18.0 Å². The number of hydrogen-bond donors (Lipinski definition) is 1. The van der Waals surface area contributed by atoms with Gasteiger partial charge in [0.05, 0.1) is 4.47 Å². The van der Waals surface area contributed by atoms with Crippen molar-refractivity contribution in [1.82, 2.24) is 0 Å². The Kier molecular flexibility index (Phi) is 3.50. The van der Waals surface area contributed by atoms with Gasteiger partial charge in [0.15, 0.2) is 0 Å². The third-order valence-corrected chi connectivity index (χ3v) is 3.84. The predicted molar refractivity (Wildman–Crippen MR) is 63.4 cm³/mol. The van der Waals surface area contributed by atoms with Gasteiger partial charge in [0.1, 0.15) is 17.3 Å². The lowest BCUT2D eigenvalue weighted by atomic mass is 9.94. The van der Waals surface area contributed by atoms with Gasteiger partial charge in [-0.2, -0.15) is 0 Å². The van der Waals surface area contributed by atoms with E-state index in [9.17, 15) is 13.2 Å². The van der Waals surface area contributed by atoms with Crippen LogP contribution < -0.4 is 5.73 Å². The van der Waals surface area contributed by atoms with Crippen molar-refractivity contribution in [2.75, 3.05) is 0 Å². The van der Waals surface area contributed by atoms with Crippen LogP contribution in [0.25, 0.3) is 0 Å². The van der Waals surface area contributed by atoms with E-state index in [4.69, 9.17) is 5.73 Å². The Bertz CT molecular complexity index is 438. The summed E-state index contributed by atoms with van der Waals surface area (Å²) in [6.45, 7) is 0. The van der Waals surface area contributed by atoms with Crippen LogP contribution in [0.5, 0.6) is 0 Å². The maximum absolute atomic E-state index is 14.3. The molecule has 0 amide bonds. The third-order valence-electron chi connectivity index (χ3n) is 3.22. The first-order chi connectivity index (χ1) is 7.91. The third kappa shape index (κ3) is 2.65. The van der Waals surface area contributed by atoms with Crippen molar-refractivity contribution >= 4 is 15.9 Å². The molecular formula is C12H13BrF3N. The van der Waals surface area contributed by atoms with Crippen molar-refractivity contribution in [3.05, 3.63) is 33.8 Å². The molecule has 1 aromatic rings. The first-order valence-corrected chi connectivity index (χ1v) is 6.27. The fourth-order valence-electron chi connectivity index (χ4n) is 2.33. The Morgan fingerprint density at radius 1 is 1.41 bits per heavy atom. The van der Waals surface area contributed by atoms with Crippen molar-refractivity contribution in [2.24, 2.45) is 5.73 Å². The van der Waals surface area contributed by atoms with Gasteiger partial charge in [-0.3, -0.25) is 0 Å². The predicted octanol–water partition coefficient (Wildman–Crippen LogP) is 3.49. The van der Waals surface area contributed by atoms with Gasteiger partial charge in [0.2, 0.25) is 0 Å². The average Bonchev–Trinajstić information content (AvgIpc) is 2.60. The molecular weight excluding hydrogens is 295 g/mol. The topological polar surface area (TPSA) is 26.0 Å². The highest BCUT2D eigenvalue weighted by Gasteiger charge is 2.39. The minimum Gasteiger partial charge on any atom is -0.328 e. The van der Waals surface area contributed by atoms with E-state index in [0.717, 1.165) is 6.07 Å². The molecule has 17 heavy (non-hydrogen) atoms. The second-order valence-electron chi connectivity index (χ2n) is 4.65. The van der Waals surface area contributed by atoms with E-state index < -0.39 is 17.3 Å². The van der Waals surface area contributed by atoms with Crippen LogP contribution >= 0.6 is 15.9 Å². The van der Waals surface area contributed by atoms with Gasteiger partial charge in [0.25, 0.3) is 0 Å². The van der Waals surface area contributed by atoms with Gasteiger partial charge < -0.3 is 5.73 Å². The number of rotatable bonds is 2. The molecule has 0 aromatic heterocycles. The van der Waals surface area contributed by atoms with Crippen LogP contribution in [0, 0.1) is 11.6 Å². The minimum atomic E-state index is -1.58. The summed E-state index contributed by atoms with van der Waals surface area (Å²) in [5.41, 5.74) is 3.85. The molecule has 5 heteroatoms. The Labute approximate surface area is 106 Å². The van der Waals surface area contributed by atoms with E-state index in [1.165, 1.54) is 6.07 Å². The summed E-state index contributed by atoms with van der Waals surface area (Å²) in [5.74, 6) is -1.43. The smallest absolute Gasteiger partial charge is 0.143 e. The lowest BCUT2D eigenvalue weighted by molar-refractivity contribution is 0.167. The van der Waals surface area contributed by atoms with Crippen molar-refractivity contribution in [2.45, 2.75) is 37.4 Å². The normalized spacial score (nSPS) is 28.6. The zero-order valence-corrected chi connectivity index (χ0v) is 10.7. The van der Waals surface area contributed by atoms with Gasteiger partial charge in [-0.25, -0.2) is 13.2 Å². The Morgan fingerprint density at radius 2 is 2.12 bits per heavy atom. The highest BCUT2D eigenvalue weighted by Crippen LogP contribution is 2.37. The van der Waals surface area contributed by atoms with Crippen molar-refractivity contribution < 1.29 is 13.2 Å². The highest BCUT2D eigenvalue weighted by molar-refractivity contribution is 9.10. The van der Waals surface area contributed by atoms with Crippen LogP contribution in [0.2, 0.25) is 0 Å². The van der Waals surface area contributed by atoms with Gasteiger partial charge in [-0.1, -0.05) is 0 Å². The van der Waals surface area contributed by atoms with E-state index in [1.54, 1.807) is 0 Å². The van der Waals surface area contributed by atoms with Crippen LogP contribution in [0.4, 0.5) is 13.2 Å². The van der Waals surface area contributed by atoms with E-state index in [1.807, 2.05) is 0 Å². The van der Waals surface area contributed by atoms with E-state index >= 15 is 0 Å². The molecule has 1 nitrogen and oxygen atoms in total.